The molecule has 0 heterocycles. The highest BCUT2D eigenvalue weighted by Crippen LogP contribution is 2.11. The second-order valence-electron chi connectivity index (χ2n) is 4.63. The van der Waals surface area contributed by atoms with E-state index in [1.807, 2.05) is 0 Å². The summed E-state index contributed by atoms with van der Waals surface area (Å²) in [7, 11) is 0. The minimum absolute atomic E-state index is 0.108. The SMILES string of the molecule is N#C/C(=C/Nc1cccc(F)c1)C(=O)NCc1ccc(Cl)cc1. The lowest BCUT2D eigenvalue weighted by Crippen LogP contribution is -2.24. The van der Waals surface area contributed by atoms with Crippen LogP contribution < -0.4 is 10.6 Å². The predicted octanol–water partition coefficient (Wildman–Crippen LogP) is 3.61. The predicted molar refractivity (Wildman–Crippen MR) is 87.0 cm³/mol. The van der Waals surface area contributed by atoms with Crippen molar-refractivity contribution in [2.75, 3.05) is 5.32 Å². The summed E-state index contributed by atoms with van der Waals surface area (Å²) in [5.41, 5.74) is 1.20. The lowest BCUT2D eigenvalue weighted by Gasteiger charge is -2.05. The average molecular weight is 330 g/mol. The van der Waals surface area contributed by atoms with Gasteiger partial charge in [0.05, 0.1) is 0 Å². The first-order valence-electron chi connectivity index (χ1n) is 6.73. The molecule has 0 fully saturated rings. The number of hydrogen-bond donors (Lipinski definition) is 2. The van der Waals surface area contributed by atoms with Gasteiger partial charge in [-0.3, -0.25) is 4.79 Å². The molecule has 0 atom stereocenters. The smallest absolute Gasteiger partial charge is 0.263 e. The third-order valence-electron chi connectivity index (χ3n) is 2.94. The van der Waals surface area contributed by atoms with Crippen LogP contribution in [0.2, 0.25) is 5.02 Å². The maximum absolute atomic E-state index is 13.1. The molecule has 2 aromatic rings. The van der Waals surface area contributed by atoms with Crippen LogP contribution in [0.4, 0.5) is 10.1 Å². The molecule has 4 nitrogen and oxygen atoms in total. The zero-order chi connectivity index (χ0) is 16.7. The largest absolute Gasteiger partial charge is 0.360 e. The minimum Gasteiger partial charge on any atom is -0.360 e. The van der Waals surface area contributed by atoms with Gasteiger partial charge in [0.2, 0.25) is 0 Å². The fourth-order valence-electron chi connectivity index (χ4n) is 1.76. The van der Waals surface area contributed by atoms with Gasteiger partial charge in [-0.1, -0.05) is 29.8 Å². The van der Waals surface area contributed by atoms with Gasteiger partial charge in [-0.2, -0.15) is 5.26 Å². The second kappa shape index (κ2) is 7.97. The number of anilines is 1. The van der Waals surface area contributed by atoms with Crippen molar-refractivity contribution in [3.63, 3.8) is 0 Å². The number of carbonyl (C=O) groups excluding carboxylic acids is 1. The molecule has 0 aliphatic carbocycles. The van der Waals surface area contributed by atoms with Crippen molar-refractivity contribution in [2.24, 2.45) is 0 Å². The van der Waals surface area contributed by atoms with Crippen molar-refractivity contribution in [1.29, 1.82) is 5.26 Å². The normalized spacial score (nSPS) is 10.7. The van der Waals surface area contributed by atoms with Crippen LogP contribution in [0.3, 0.4) is 0 Å². The van der Waals surface area contributed by atoms with E-state index in [0.717, 1.165) is 5.56 Å². The molecule has 0 aromatic heterocycles. The quantitative estimate of drug-likeness (QED) is 0.650. The van der Waals surface area contributed by atoms with Crippen molar-refractivity contribution in [2.45, 2.75) is 6.54 Å². The molecule has 116 valence electrons. The number of hydrogen-bond acceptors (Lipinski definition) is 3. The molecule has 0 aliphatic rings. The summed E-state index contributed by atoms with van der Waals surface area (Å²) in [6.45, 7) is 0.273. The maximum Gasteiger partial charge on any atom is 0.263 e. The highest BCUT2D eigenvalue weighted by molar-refractivity contribution is 6.30. The lowest BCUT2D eigenvalue weighted by molar-refractivity contribution is -0.117. The van der Waals surface area contributed by atoms with Crippen molar-refractivity contribution in [3.8, 4) is 6.07 Å². The van der Waals surface area contributed by atoms with E-state index in [9.17, 15) is 9.18 Å². The van der Waals surface area contributed by atoms with Gasteiger partial charge in [0.1, 0.15) is 17.5 Å². The number of benzene rings is 2. The number of amides is 1. The van der Waals surface area contributed by atoms with Crippen LogP contribution >= 0.6 is 11.6 Å². The number of nitriles is 1. The highest BCUT2D eigenvalue weighted by atomic mass is 35.5. The summed E-state index contributed by atoms with van der Waals surface area (Å²) in [6.07, 6.45) is 1.24. The van der Waals surface area contributed by atoms with Gasteiger partial charge >= 0.3 is 0 Å². The molecule has 2 rings (SSSR count). The zero-order valence-electron chi connectivity index (χ0n) is 12.0. The molecule has 0 saturated carbocycles. The first-order valence-corrected chi connectivity index (χ1v) is 7.11. The molecule has 1 amide bonds. The van der Waals surface area contributed by atoms with E-state index in [4.69, 9.17) is 16.9 Å². The van der Waals surface area contributed by atoms with E-state index in [1.165, 1.54) is 24.4 Å². The van der Waals surface area contributed by atoms with E-state index in [1.54, 1.807) is 36.4 Å². The molecular weight excluding hydrogens is 317 g/mol. The van der Waals surface area contributed by atoms with Crippen LogP contribution in [0.1, 0.15) is 5.56 Å². The third kappa shape index (κ3) is 5.13. The first-order chi connectivity index (χ1) is 11.1. The molecule has 2 N–H and O–H groups in total. The maximum atomic E-state index is 13.1. The Bertz CT molecular complexity index is 766. The Labute approximate surface area is 138 Å². The van der Waals surface area contributed by atoms with Crippen LogP contribution in [0.15, 0.2) is 60.3 Å². The monoisotopic (exact) mass is 329 g/mol. The molecule has 0 spiro atoms. The first kappa shape index (κ1) is 16.5. The van der Waals surface area contributed by atoms with Crippen molar-refractivity contribution in [3.05, 3.63) is 76.7 Å². The van der Waals surface area contributed by atoms with E-state index < -0.39 is 11.7 Å². The highest BCUT2D eigenvalue weighted by Gasteiger charge is 2.08. The van der Waals surface area contributed by atoms with Crippen LogP contribution in [0.5, 0.6) is 0 Å². The van der Waals surface area contributed by atoms with Gasteiger partial charge in [-0.25, -0.2) is 4.39 Å². The van der Waals surface area contributed by atoms with Crippen LogP contribution in [-0.4, -0.2) is 5.91 Å². The summed E-state index contributed by atoms with van der Waals surface area (Å²) in [5, 5.41) is 15.0. The Balaban J connectivity index is 1.96. The van der Waals surface area contributed by atoms with Crippen LogP contribution in [0, 0.1) is 17.1 Å². The molecule has 23 heavy (non-hydrogen) atoms. The number of nitrogens with one attached hydrogen (secondary N) is 2. The number of nitrogens with zero attached hydrogens (tertiary/aromatic N) is 1. The fourth-order valence-corrected chi connectivity index (χ4v) is 1.89. The van der Waals surface area contributed by atoms with Gasteiger partial charge in [-0.05, 0) is 35.9 Å². The molecule has 0 radical (unpaired) electrons. The van der Waals surface area contributed by atoms with E-state index in [-0.39, 0.29) is 12.1 Å². The molecule has 0 aliphatic heterocycles. The van der Waals surface area contributed by atoms with Gasteiger partial charge < -0.3 is 10.6 Å². The Hall–Kier alpha value is -2.84. The topological polar surface area (TPSA) is 64.9 Å². The van der Waals surface area contributed by atoms with Crippen molar-refractivity contribution in [1.82, 2.24) is 5.32 Å². The molecule has 0 bridgehead atoms. The van der Waals surface area contributed by atoms with E-state index in [0.29, 0.717) is 10.7 Å². The van der Waals surface area contributed by atoms with Gasteiger partial charge in [0.25, 0.3) is 5.91 Å². The average Bonchev–Trinajstić information content (AvgIpc) is 2.55. The molecule has 2 aromatic carbocycles. The Morgan fingerprint density at radius 1 is 1.26 bits per heavy atom. The third-order valence-corrected chi connectivity index (χ3v) is 3.19. The standard InChI is InChI=1S/C17H13ClFN3O/c18-14-6-4-12(5-7-14)10-22-17(23)13(9-20)11-21-16-3-1-2-15(19)8-16/h1-8,11,21H,10H2,(H,22,23)/b13-11-. The lowest BCUT2D eigenvalue weighted by atomic mass is 10.2. The number of halogens is 2. The van der Waals surface area contributed by atoms with E-state index in [2.05, 4.69) is 10.6 Å². The van der Waals surface area contributed by atoms with Gasteiger partial charge in [0.15, 0.2) is 0 Å². The number of rotatable bonds is 5. The zero-order valence-corrected chi connectivity index (χ0v) is 12.8. The molecular formula is C17H13ClFN3O. The summed E-state index contributed by atoms with van der Waals surface area (Å²) >= 11 is 5.78. The number of carbonyl (C=O) groups is 1. The molecule has 0 saturated heterocycles. The molecule has 0 unspecified atom stereocenters. The summed E-state index contributed by atoms with van der Waals surface area (Å²) in [4.78, 5) is 12.0. The minimum atomic E-state index is -0.522. The summed E-state index contributed by atoms with van der Waals surface area (Å²) in [5.74, 6) is -0.930. The van der Waals surface area contributed by atoms with E-state index >= 15 is 0 Å². The fraction of sp³-hybridized carbons (Fsp3) is 0.0588. The molecule has 6 heteroatoms. The Kier molecular flexibility index (Phi) is 5.73. The van der Waals surface area contributed by atoms with Crippen molar-refractivity contribution >= 4 is 23.2 Å². The van der Waals surface area contributed by atoms with Crippen molar-refractivity contribution < 1.29 is 9.18 Å². The second-order valence-corrected chi connectivity index (χ2v) is 5.07. The van der Waals surface area contributed by atoms with Crippen LogP contribution in [0.25, 0.3) is 0 Å². The Morgan fingerprint density at radius 3 is 2.65 bits per heavy atom. The Morgan fingerprint density at radius 2 is 2.00 bits per heavy atom. The summed E-state index contributed by atoms with van der Waals surface area (Å²) < 4.78 is 13.1. The summed E-state index contributed by atoms with van der Waals surface area (Å²) in [6, 6.07) is 14.5. The van der Waals surface area contributed by atoms with Crippen LogP contribution in [-0.2, 0) is 11.3 Å². The van der Waals surface area contributed by atoms with Gasteiger partial charge in [-0.15, -0.1) is 0 Å². The van der Waals surface area contributed by atoms with Gasteiger partial charge in [0, 0.05) is 23.5 Å².